The first-order chi connectivity index (χ1) is 26.2. The summed E-state index contributed by atoms with van der Waals surface area (Å²) in [6, 6.07) is 21.4. The number of hydrogen-bond donors (Lipinski definition) is 4. The Bertz CT molecular complexity index is 1800. The number of anilines is 1. The average molecular weight is 755 g/mol. The molecular weight excluding hydrogens is 700 g/mol. The Morgan fingerprint density at radius 1 is 0.745 bits per heavy atom. The zero-order valence-electron chi connectivity index (χ0n) is 32.6. The lowest BCUT2D eigenvalue weighted by Gasteiger charge is -2.29. The van der Waals surface area contributed by atoms with Crippen molar-refractivity contribution in [1.82, 2.24) is 16.0 Å². The Morgan fingerprint density at radius 3 is 1.96 bits per heavy atom. The van der Waals surface area contributed by atoms with E-state index in [0.29, 0.717) is 37.8 Å². The van der Waals surface area contributed by atoms with Crippen LogP contribution in [0.3, 0.4) is 0 Å². The van der Waals surface area contributed by atoms with Crippen molar-refractivity contribution in [3.63, 3.8) is 0 Å². The predicted molar refractivity (Wildman–Crippen MR) is 209 cm³/mol. The van der Waals surface area contributed by atoms with Gasteiger partial charge < -0.3 is 35.5 Å². The first kappa shape index (κ1) is 40.8. The molecule has 0 aromatic heterocycles. The Balaban J connectivity index is 1.06. The molecule has 55 heavy (non-hydrogen) atoms. The number of benzene rings is 3. The number of aryl methyl sites for hydroxylation is 1. The maximum absolute atomic E-state index is 13.4. The second-order valence-corrected chi connectivity index (χ2v) is 15.7. The Labute approximate surface area is 323 Å². The normalized spacial score (nSPS) is 17.5. The maximum Gasteiger partial charge on any atom is 0.407 e. The highest BCUT2D eigenvalue weighted by Gasteiger charge is 2.32. The summed E-state index contributed by atoms with van der Waals surface area (Å²) < 4.78 is 16.7. The summed E-state index contributed by atoms with van der Waals surface area (Å²) in [5, 5.41) is 11.2. The van der Waals surface area contributed by atoms with E-state index in [1.165, 1.54) is 0 Å². The minimum Gasteiger partial charge on any atom is -0.462 e. The molecule has 4 amide bonds. The number of carbonyl (C=O) groups excluding carboxylic acids is 5. The van der Waals surface area contributed by atoms with E-state index in [9.17, 15) is 24.0 Å². The van der Waals surface area contributed by atoms with Crippen LogP contribution in [0, 0.1) is 5.92 Å². The third kappa shape index (κ3) is 11.3. The lowest BCUT2D eigenvalue weighted by molar-refractivity contribution is -0.150. The van der Waals surface area contributed by atoms with Crippen molar-refractivity contribution in [3.05, 3.63) is 89.5 Å². The van der Waals surface area contributed by atoms with Crippen LogP contribution in [0.1, 0.15) is 96.3 Å². The number of carbonyl (C=O) groups is 5. The molecule has 294 valence electrons. The average Bonchev–Trinajstić information content (AvgIpc) is 3.45. The minimum atomic E-state index is -0.944. The summed E-state index contributed by atoms with van der Waals surface area (Å²) in [6.45, 7) is 10.7. The first-order valence-corrected chi connectivity index (χ1v) is 19.2. The molecule has 2 aliphatic rings. The van der Waals surface area contributed by atoms with Crippen LogP contribution in [0.4, 0.5) is 15.3 Å². The van der Waals surface area contributed by atoms with Crippen molar-refractivity contribution in [1.29, 1.82) is 0 Å². The molecule has 12 nitrogen and oxygen atoms in total. The highest BCUT2D eigenvalue weighted by atomic mass is 16.6. The number of para-hydroxylation sites is 1. The van der Waals surface area contributed by atoms with Crippen molar-refractivity contribution in [3.8, 4) is 11.1 Å². The van der Waals surface area contributed by atoms with Gasteiger partial charge in [-0.1, -0.05) is 80.6 Å². The fourth-order valence-corrected chi connectivity index (χ4v) is 7.05. The molecule has 5 rings (SSSR count). The van der Waals surface area contributed by atoms with Crippen LogP contribution in [-0.2, 0) is 35.0 Å². The van der Waals surface area contributed by atoms with Crippen molar-refractivity contribution in [2.24, 2.45) is 5.92 Å². The van der Waals surface area contributed by atoms with E-state index in [1.54, 1.807) is 32.9 Å². The second-order valence-electron chi connectivity index (χ2n) is 15.7. The molecule has 0 heterocycles. The number of ether oxygens (including phenoxy) is 3. The highest BCUT2D eigenvalue weighted by molar-refractivity contribution is 5.98. The number of esters is 1. The van der Waals surface area contributed by atoms with Gasteiger partial charge in [0.05, 0.1) is 0 Å². The number of nitrogens with one attached hydrogen (secondary N) is 4. The lowest BCUT2D eigenvalue weighted by atomic mass is 9.93. The van der Waals surface area contributed by atoms with Crippen LogP contribution in [-0.4, -0.2) is 66.4 Å². The molecule has 0 radical (unpaired) electrons. The summed E-state index contributed by atoms with van der Waals surface area (Å²) in [5.41, 5.74) is 5.09. The van der Waals surface area contributed by atoms with Gasteiger partial charge in [-0.3, -0.25) is 14.4 Å². The summed E-state index contributed by atoms with van der Waals surface area (Å²) >= 11 is 0. The fraction of sp³-hybridized carbons (Fsp3) is 0.465. The summed E-state index contributed by atoms with van der Waals surface area (Å²) in [4.78, 5) is 64.5. The molecule has 4 N–H and O–H groups in total. The van der Waals surface area contributed by atoms with Crippen molar-refractivity contribution in [2.45, 2.75) is 116 Å². The van der Waals surface area contributed by atoms with Gasteiger partial charge in [0.25, 0.3) is 0 Å². The third-order valence-corrected chi connectivity index (χ3v) is 9.89. The molecule has 12 heteroatoms. The quantitative estimate of drug-likeness (QED) is 0.107. The van der Waals surface area contributed by atoms with Gasteiger partial charge in [-0.2, -0.15) is 0 Å². The minimum absolute atomic E-state index is 0.0266. The SMILES string of the molecule is CC(C)[C@H](NC(=O)OCC1c2ccccc2-c2ccccc21)C(=O)N[C@@H](C)C(=O)Nc1ccccc1CCC(=O)O[C@H]1CC[C@H](NC(=O)OC(C)(C)C)CC1. The Morgan fingerprint density at radius 2 is 1.35 bits per heavy atom. The number of rotatable bonds is 13. The molecule has 3 aromatic rings. The van der Waals surface area contributed by atoms with E-state index in [-0.39, 0.29) is 43.0 Å². The van der Waals surface area contributed by atoms with Gasteiger partial charge in [0.1, 0.15) is 30.4 Å². The molecule has 0 spiro atoms. The standard InChI is InChI=1S/C43H54N4O8/c1-26(2)38(47-41(51)53-25-35-33-16-10-8-14-31(33)32-15-9-11-17-34(32)35)40(50)44-27(3)39(49)46-36-18-12-7-13-28(36)19-24-37(48)54-30-22-20-29(21-23-30)45-42(52)55-43(4,5)6/h7-18,26-27,29-30,35,38H,19-25H2,1-6H3,(H,44,50)(H,45,52)(H,46,49)(H,47,51)/t27-,29-,30-,38-/m0/s1. The predicted octanol–water partition coefficient (Wildman–Crippen LogP) is 7.00. The number of hydrogen-bond acceptors (Lipinski definition) is 8. The van der Waals surface area contributed by atoms with E-state index in [2.05, 4.69) is 33.4 Å². The van der Waals surface area contributed by atoms with Gasteiger partial charge in [-0.15, -0.1) is 0 Å². The van der Waals surface area contributed by atoms with Crippen molar-refractivity contribution >= 4 is 35.7 Å². The molecule has 0 saturated heterocycles. The third-order valence-electron chi connectivity index (χ3n) is 9.89. The second kappa shape index (κ2) is 18.3. The lowest BCUT2D eigenvalue weighted by Crippen LogP contribution is -2.53. The largest absolute Gasteiger partial charge is 0.462 e. The number of alkyl carbamates (subject to hydrolysis) is 2. The van der Waals surface area contributed by atoms with E-state index < -0.39 is 41.7 Å². The van der Waals surface area contributed by atoms with Crippen LogP contribution in [0.2, 0.25) is 0 Å². The molecule has 0 unspecified atom stereocenters. The van der Waals surface area contributed by atoms with E-state index in [1.807, 2.05) is 69.3 Å². The zero-order chi connectivity index (χ0) is 39.7. The Kier molecular flexibility index (Phi) is 13.6. The highest BCUT2D eigenvalue weighted by Crippen LogP contribution is 2.44. The molecule has 0 bridgehead atoms. The van der Waals surface area contributed by atoms with Crippen LogP contribution in [0.5, 0.6) is 0 Å². The van der Waals surface area contributed by atoms with Crippen LogP contribution in [0.25, 0.3) is 11.1 Å². The molecule has 2 aliphatic carbocycles. The number of fused-ring (bicyclic) bond motifs is 3. The van der Waals surface area contributed by atoms with Crippen LogP contribution < -0.4 is 21.3 Å². The number of amides is 4. The van der Waals surface area contributed by atoms with Crippen molar-refractivity contribution in [2.75, 3.05) is 11.9 Å². The molecule has 2 atom stereocenters. The summed E-state index contributed by atoms with van der Waals surface area (Å²) in [6.07, 6.45) is 1.72. The molecule has 0 aliphatic heterocycles. The Hall–Kier alpha value is -5.39. The zero-order valence-corrected chi connectivity index (χ0v) is 32.6. The van der Waals surface area contributed by atoms with E-state index in [0.717, 1.165) is 27.8 Å². The topological polar surface area (TPSA) is 161 Å². The van der Waals surface area contributed by atoms with Gasteiger partial charge >= 0.3 is 18.2 Å². The van der Waals surface area contributed by atoms with Crippen LogP contribution in [0.15, 0.2) is 72.8 Å². The first-order valence-electron chi connectivity index (χ1n) is 19.2. The summed E-state index contributed by atoms with van der Waals surface area (Å²) in [5.74, 6) is -1.72. The monoisotopic (exact) mass is 754 g/mol. The van der Waals surface area contributed by atoms with Gasteiger partial charge in [0.2, 0.25) is 11.8 Å². The van der Waals surface area contributed by atoms with Gasteiger partial charge in [0, 0.05) is 24.1 Å². The van der Waals surface area contributed by atoms with Crippen molar-refractivity contribution < 1.29 is 38.2 Å². The molecular formula is C43H54N4O8. The van der Waals surface area contributed by atoms with E-state index in [4.69, 9.17) is 14.2 Å². The van der Waals surface area contributed by atoms with E-state index >= 15 is 0 Å². The molecule has 3 aromatic carbocycles. The molecule has 1 saturated carbocycles. The maximum atomic E-state index is 13.4. The van der Waals surface area contributed by atoms with Crippen LogP contribution >= 0.6 is 0 Å². The van der Waals surface area contributed by atoms with Gasteiger partial charge in [0.15, 0.2) is 0 Å². The van der Waals surface area contributed by atoms with Gasteiger partial charge in [-0.25, -0.2) is 9.59 Å². The smallest absolute Gasteiger partial charge is 0.407 e. The summed E-state index contributed by atoms with van der Waals surface area (Å²) in [7, 11) is 0. The molecule has 1 fully saturated rings. The van der Waals surface area contributed by atoms with Gasteiger partial charge in [-0.05, 0) is 99.6 Å². The fourth-order valence-electron chi connectivity index (χ4n) is 7.05.